The third-order valence-electron chi connectivity index (χ3n) is 1.93. The van der Waals surface area contributed by atoms with E-state index in [4.69, 9.17) is 16.6 Å². The van der Waals surface area contributed by atoms with E-state index in [1.54, 1.807) is 0 Å². The molecule has 10 nitrogen and oxygen atoms in total. The normalized spacial score (nSPS) is 11.9. The van der Waals surface area contributed by atoms with E-state index in [2.05, 4.69) is 0 Å². The van der Waals surface area contributed by atoms with Crippen LogP contribution in [0.25, 0.3) is 0 Å². The van der Waals surface area contributed by atoms with Crippen LogP contribution in [0.1, 0.15) is 25.7 Å². The first-order valence-electron chi connectivity index (χ1n) is 5.42. The van der Waals surface area contributed by atoms with Gasteiger partial charge in [-0.05, 0) is 19.3 Å². The van der Waals surface area contributed by atoms with Gasteiger partial charge in [-0.2, -0.15) is 0 Å². The molecule has 121 valence electrons. The summed E-state index contributed by atoms with van der Waals surface area (Å²) in [5.74, 6) is -5.23. The van der Waals surface area contributed by atoms with Gasteiger partial charge in [-0.1, -0.05) is 0 Å². The van der Waals surface area contributed by atoms with Crippen molar-refractivity contribution in [2.45, 2.75) is 37.8 Å². The Bertz CT molecular complexity index is 329. The molecule has 0 unspecified atom stereocenters. The van der Waals surface area contributed by atoms with Crippen molar-refractivity contribution in [3.05, 3.63) is 0 Å². The Balaban J connectivity index is -0.000000295. The first-order valence-corrected chi connectivity index (χ1v) is 5.42. The molecule has 5 N–H and O–H groups in total. The zero-order valence-corrected chi connectivity index (χ0v) is 13.1. The molecule has 0 saturated heterocycles. The summed E-state index contributed by atoms with van der Waals surface area (Å²) in [5.41, 5.74) is 9.85. The molecule has 0 aromatic heterocycles. The number of rotatable bonds is 8. The van der Waals surface area contributed by atoms with Crippen molar-refractivity contribution in [2.24, 2.45) is 11.5 Å². The molecule has 2 atom stereocenters. The maximum atomic E-state index is 9.88. The number of aliphatic carboxylic acids is 4. The predicted octanol–water partition coefficient (Wildman–Crippen LogP) is -5.48. The molecule has 0 bridgehead atoms. The van der Waals surface area contributed by atoms with Crippen molar-refractivity contribution in [1.29, 1.82) is 0 Å². The Morgan fingerprint density at radius 2 is 1.19 bits per heavy atom. The summed E-state index contributed by atoms with van der Waals surface area (Å²) >= 11 is 0. The van der Waals surface area contributed by atoms with Crippen LogP contribution < -0.4 is 26.8 Å². The first kappa shape index (κ1) is 25.1. The van der Waals surface area contributed by atoms with Crippen LogP contribution in [-0.4, -0.2) is 41.1 Å². The van der Waals surface area contributed by atoms with Gasteiger partial charge in [-0.25, -0.2) is 0 Å². The minimum atomic E-state index is -1.44. The van der Waals surface area contributed by atoms with Crippen LogP contribution in [0, 0.1) is 39.9 Å². The van der Waals surface area contributed by atoms with Crippen molar-refractivity contribution in [2.75, 3.05) is 0 Å². The number of carboxylic acid groups (broad SMARTS) is 4. The molecule has 0 fully saturated rings. The molecule has 0 aliphatic heterocycles. The van der Waals surface area contributed by atoms with Crippen molar-refractivity contribution < 1.29 is 79.5 Å². The summed E-state index contributed by atoms with van der Waals surface area (Å²) in [4.78, 5) is 39.3. The van der Waals surface area contributed by atoms with Gasteiger partial charge in [0.15, 0.2) is 0 Å². The number of carboxylic acids is 4. The molecular formula is C10H15GdN2O8. The fraction of sp³-hybridized carbons (Fsp3) is 0.600. The second kappa shape index (κ2) is 14.1. The van der Waals surface area contributed by atoms with Gasteiger partial charge >= 0.3 is 45.9 Å². The molecule has 0 heterocycles. The quantitative estimate of drug-likeness (QED) is 0.320. The molecule has 0 rings (SSSR count). The summed E-state index contributed by atoms with van der Waals surface area (Å²) < 4.78 is 0. The van der Waals surface area contributed by atoms with Crippen molar-refractivity contribution in [3.8, 4) is 0 Å². The van der Waals surface area contributed by atoms with Crippen LogP contribution in [0.4, 0.5) is 0 Å². The minimum Gasteiger partial charge on any atom is -0.550 e. The molecule has 11 heteroatoms. The maximum Gasteiger partial charge on any atom is 3.00 e. The van der Waals surface area contributed by atoms with Crippen molar-refractivity contribution >= 4 is 23.9 Å². The monoisotopic (exact) mass is 449 g/mol. The van der Waals surface area contributed by atoms with E-state index in [9.17, 15) is 34.5 Å². The van der Waals surface area contributed by atoms with E-state index in [1.165, 1.54) is 0 Å². The molecule has 0 aromatic rings. The standard InChI is InChI=1S/2C5H9NO4.Gd/c2*6-3(5(9)10)1-2-4(7)8;/h2*3H,1-2,6H2,(H,7,8)(H,9,10);/q;;+3/p-3/t2*3-;/m00./s1. The summed E-state index contributed by atoms with van der Waals surface area (Å²) in [6, 6.07) is -2.38. The molecule has 1 radical (unpaired) electrons. The molecule has 0 aromatic carbocycles. The van der Waals surface area contributed by atoms with Crippen LogP contribution in [0.5, 0.6) is 0 Å². The van der Waals surface area contributed by atoms with Gasteiger partial charge in [0.25, 0.3) is 0 Å². The van der Waals surface area contributed by atoms with E-state index in [1.807, 2.05) is 0 Å². The summed E-state index contributed by atoms with van der Waals surface area (Å²) in [6.45, 7) is 0. The predicted molar refractivity (Wildman–Crippen MR) is 57.1 cm³/mol. The van der Waals surface area contributed by atoms with E-state index in [0.29, 0.717) is 0 Å². The molecule has 0 amide bonds. The van der Waals surface area contributed by atoms with Crippen molar-refractivity contribution in [1.82, 2.24) is 0 Å². The van der Waals surface area contributed by atoms with E-state index in [0.717, 1.165) is 0 Å². The molecule has 0 spiro atoms. The van der Waals surface area contributed by atoms with Crippen LogP contribution in [-0.2, 0) is 19.2 Å². The van der Waals surface area contributed by atoms with Gasteiger partial charge in [-0.15, -0.1) is 0 Å². The van der Waals surface area contributed by atoms with Gasteiger partial charge < -0.3 is 46.3 Å². The zero-order chi connectivity index (χ0) is 16.3. The molecule has 0 aliphatic rings. The third kappa shape index (κ3) is 19.1. The smallest absolute Gasteiger partial charge is 0.550 e. The van der Waals surface area contributed by atoms with Gasteiger partial charge in [0.2, 0.25) is 0 Å². The van der Waals surface area contributed by atoms with E-state index < -0.39 is 36.0 Å². The molecule has 0 saturated carbocycles. The van der Waals surface area contributed by atoms with E-state index in [-0.39, 0.29) is 65.6 Å². The second-order valence-corrected chi connectivity index (χ2v) is 3.69. The van der Waals surface area contributed by atoms with Crippen LogP contribution in [0.15, 0.2) is 0 Å². The first-order chi connectivity index (χ1) is 9.07. The number of hydrogen-bond donors (Lipinski definition) is 3. The molecular weight excluding hydrogens is 433 g/mol. The van der Waals surface area contributed by atoms with Gasteiger partial charge in [-0.3, -0.25) is 4.79 Å². The number of carbonyl (C=O) groups excluding carboxylic acids is 3. The van der Waals surface area contributed by atoms with E-state index >= 15 is 0 Å². The fourth-order valence-corrected chi connectivity index (χ4v) is 0.788. The largest absolute Gasteiger partial charge is 3.00 e. The van der Waals surface area contributed by atoms with Gasteiger partial charge in [0.05, 0.1) is 11.9 Å². The Hall–Kier alpha value is -0.875. The SMILES string of the molecule is N[C@@H](CCC(=O)O)C(=O)[O-].N[C@@H](CCC(=O)[O-])C(=O)[O-].[Gd+3]. The Morgan fingerprint density at radius 3 is 1.43 bits per heavy atom. The summed E-state index contributed by atoms with van der Waals surface area (Å²) in [7, 11) is 0. The Morgan fingerprint density at radius 1 is 0.857 bits per heavy atom. The van der Waals surface area contributed by atoms with Gasteiger partial charge in [0.1, 0.15) is 0 Å². The summed E-state index contributed by atoms with van der Waals surface area (Å²) in [5, 5.41) is 37.6. The number of carbonyl (C=O) groups is 4. The zero-order valence-electron chi connectivity index (χ0n) is 10.8. The Kier molecular flexibility index (Phi) is 16.8. The number of nitrogens with two attached hydrogens (primary N) is 2. The van der Waals surface area contributed by atoms with Gasteiger partial charge in [0, 0.05) is 24.5 Å². The topological polar surface area (TPSA) is 210 Å². The van der Waals surface area contributed by atoms with Crippen molar-refractivity contribution in [3.63, 3.8) is 0 Å². The fourth-order valence-electron chi connectivity index (χ4n) is 0.788. The van der Waals surface area contributed by atoms with Crippen LogP contribution in [0.2, 0.25) is 0 Å². The minimum absolute atomic E-state index is 0. The molecule has 21 heavy (non-hydrogen) atoms. The Labute approximate surface area is 152 Å². The summed E-state index contributed by atoms with van der Waals surface area (Å²) in [6.07, 6.45) is -0.827. The average Bonchev–Trinajstić information content (AvgIpc) is 2.33. The number of hydrogen-bond acceptors (Lipinski definition) is 9. The van der Waals surface area contributed by atoms with Crippen LogP contribution in [0.3, 0.4) is 0 Å². The maximum absolute atomic E-state index is 9.88. The third-order valence-corrected chi connectivity index (χ3v) is 1.93. The molecule has 0 aliphatic carbocycles. The van der Waals surface area contributed by atoms with Crippen LogP contribution >= 0.6 is 0 Å². The average molecular weight is 448 g/mol. The second-order valence-electron chi connectivity index (χ2n) is 3.69.